The first-order chi connectivity index (χ1) is 11.8. The fourth-order valence-electron chi connectivity index (χ4n) is 2.09. The molecule has 0 fully saturated rings. The van der Waals surface area contributed by atoms with Crippen LogP contribution in [0.3, 0.4) is 0 Å². The van der Waals surface area contributed by atoms with Crippen LogP contribution >= 0.6 is 0 Å². The van der Waals surface area contributed by atoms with Gasteiger partial charge in [-0.15, -0.1) is 0 Å². The third-order valence-corrected chi connectivity index (χ3v) is 5.22. The van der Waals surface area contributed by atoms with Gasteiger partial charge in [0.05, 0.1) is 28.7 Å². The molecule has 9 heteroatoms. The van der Waals surface area contributed by atoms with Crippen LogP contribution in [0.25, 0.3) is 0 Å². The highest BCUT2D eigenvalue weighted by molar-refractivity contribution is 7.91. The molecule has 132 valence electrons. The van der Waals surface area contributed by atoms with E-state index in [2.05, 4.69) is 5.32 Å². The number of carbonyl (C=O) groups excluding carboxylic acids is 1. The summed E-state index contributed by atoms with van der Waals surface area (Å²) in [5, 5.41) is 13.6. The van der Waals surface area contributed by atoms with E-state index in [4.69, 9.17) is 4.74 Å². The van der Waals surface area contributed by atoms with Crippen molar-refractivity contribution in [1.29, 1.82) is 0 Å². The first-order valence-corrected chi connectivity index (χ1v) is 8.90. The number of nitro groups is 1. The topological polar surface area (TPSA) is 116 Å². The Morgan fingerprint density at radius 1 is 1.24 bits per heavy atom. The van der Waals surface area contributed by atoms with Gasteiger partial charge in [-0.1, -0.05) is 13.0 Å². The van der Waals surface area contributed by atoms with Crippen molar-refractivity contribution < 1.29 is 22.9 Å². The van der Waals surface area contributed by atoms with E-state index in [9.17, 15) is 23.3 Å². The summed E-state index contributed by atoms with van der Waals surface area (Å²) in [6, 6.07) is 9.52. The Balaban J connectivity index is 2.35. The molecular formula is C16H16N2O6S. The standard InChI is InChI=1S/C16H16N2O6S/c1-3-25(22,23)13-6-4-5-11(9-13)16(19)17-14-8-7-12(24-2)10-15(14)18(20)21/h4-10H,3H2,1-2H3,(H,17,19). The molecule has 8 nitrogen and oxygen atoms in total. The monoisotopic (exact) mass is 364 g/mol. The zero-order valence-corrected chi connectivity index (χ0v) is 14.4. The highest BCUT2D eigenvalue weighted by Crippen LogP contribution is 2.29. The number of anilines is 1. The maximum atomic E-state index is 12.4. The summed E-state index contributed by atoms with van der Waals surface area (Å²) in [6.45, 7) is 1.50. The first-order valence-electron chi connectivity index (χ1n) is 7.25. The van der Waals surface area contributed by atoms with Crippen LogP contribution in [0.5, 0.6) is 5.75 Å². The molecule has 2 aromatic rings. The number of ether oxygens (including phenoxy) is 1. The maximum absolute atomic E-state index is 12.4. The van der Waals surface area contributed by atoms with E-state index >= 15 is 0 Å². The van der Waals surface area contributed by atoms with E-state index in [0.717, 1.165) is 0 Å². The largest absolute Gasteiger partial charge is 0.496 e. The van der Waals surface area contributed by atoms with Gasteiger partial charge in [0, 0.05) is 5.56 Å². The number of rotatable bonds is 6. The van der Waals surface area contributed by atoms with E-state index in [0.29, 0.717) is 0 Å². The SMILES string of the molecule is CCS(=O)(=O)c1cccc(C(=O)Nc2ccc(OC)cc2[N+](=O)[O-])c1. The molecule has 0 saturated carbocycles. The molecule has 0 atom stereocenters. The third-order valence-electron chi connectivity index (χ3n) is 3.49. The number of hydrogen-bond donors (Lipinski definition) is 1. The lowest BCUT2D eigenvalue weighted by Crippen LogP contribution is -2.14. The minimum absolute atomic E-state index is 0.0143. The van der Waals surface area contributed by atoms with Crippen molar-refractivity contribution in [3.05, 3.63) is 58.1 Å². The number of carbonyl (C=O) groups is 1. The van der Waals surface area contributed by atoms with Gasteiger partial charge in [0.25, 0.3) is 11.6 Å². The fourth-order valence-corrected chi connectivity index (χ4v) is 3.01. The van der Waals surface area contributed by atoms with Crippen LogP contribution in [0, 0.1) is 10.1 Å². The summed E-state index contributed by atoms with van der Waals surface area (Å²) < 4.78 is 28.8. The Morgan fingerprint density at radius 3 is 2.56 bits per heavy atom. The van der Waals surface area contributed by atoms with Gasteiger partial charge in [0.1, 0.15) is 11.4 Å². The van der Waals surface area contributed by atoms with E-state index in [-0.39, 0.29) is 33.3 Å². The molecule has 0 aliphatic heterocycles. The average Bonchev–Trinajstić information content (AvgIpc) is 2.61. The van der Waals surface area contributed by atoms with Crippen LogP contribution < -0.4 is 10.1 Å². The summed E-state index contributed by atoms with van der Waals surface area (Å²) >= 11 is 0. The minimum Gasteiger partial charge on any atom is -0.496 e. The van der Waals surface area contributed by atoms with Gasteiger partial charge < -0.3 is 10.1 Å². The molecule has 0 saturated heterocycles. The molecule has 1 amide bonds. The van der Waals surface area contributed by atoms with E-state index < -0.39 is 20.7 Å². The second-order valence-electron chi connectivity index (χ2n) is 5.03. The van der Waals surface area contributed by atoms with Crippen molar-refractivity contribution in [2.24, 2.45) is 0 Å². The van der Waals surface area contributed by atoms with Gasteiger partial charge >= 0.3 is 0 Å². The van der Waals surface area contributed by atoms with Gasteiger partial charge in [-0.25, -0.2) is 8.42 Å². The van der Waals surface area contributed by atoms with Crippen molar-refractivity contribution in [1.82, 2.24) is 0 Å². The molecule has 0 bridgehead atoms. The molecule has 0 heterocycles. The minimum atomic E-state index is -3.46. The lowest BCUT2D eigenvalue weighted by molar-refractivity contribution is -0.384. The Kier molecular flexibility index (Phi) is 5.38. The Morgan fingerprint density at radius 2 is 1.96 bits per heavy atom. The average molecular weight is 364 g/mol. The smallest absolute Gasteiger partial charge is 0.296 e. The molecule has 0 radical (unpaired) electrons. The van der Waals surface area contributed by atoms with Crippen molar-refractivity contribution in [3.63, 3.8) is 0 Å². The molecule has 2 rings (SSSR count). The number of nitrogens with zero attached hydrogens (tertiary/aromatic N) is 1. The Bertz CT molecular complexity index is 924. The predicted molar refractivity (Wildman–Crippen MR) is 91.8 cm³/mol. The van der Waals surface area contributed by atoms with E-state index in [1.54, 1.807) is 0 Å². The van der Waals surface area contributed by atoms with Gasteiger partial charge in [0.15, 0.2) is 9.84 Å². The third kappa shape index (κ3) is 4.13. The Labute approximate surface area is 144 Å². The number of nitrogens with one attached hydrogen (secondary N) is 1. The molecular weight excluding hydrogens is 348 g/mol. The number of amides is 1. The highest BCUT2D eigenvalue weighted by atomic mass is 32.2. The molecule has 25 heavy (non-hydrogen) atoms. The second-order valence-corrected chi connectivity index (χ2v) is 7.30. The number of hydrogen-bond acceptors (Lipinski definition) is 6. The van der Waals surface area contributed by atoms with Crippen molar-refractivity contribution >= 4 is 27.1 Å². The van der Waals surface area contributed by atoms with Gasteiger partial charge in [-0.05, 0) is 30.3 Å². The number of benzene rings is 2. The summed E-state index contributed by atoms with van der Waals surface area (Å²) in [7, 11) is -2.09. The summed E-state index contributed by atoms with van der Waals surface area (Å²) in [5.74, 6) is -0.468. The quantitative estimate of drug-likeness (QED) is 0.622. The van der Waals surface area contributed by atoms with E-state index in [1.165, 1.54) is 56.5 Å². The van der Waals surface area contributed by atoms with E-state index in [1.807, 2.05) is 0 Å². The molecule has 0 aliphatic carbocycles. The van der Waals surface area contributed by atoms with Crippen LogP contribution in [0.1, 0.15) is 17.3 Å². The van der Waals surface area contributed by atoms with Crippen LogP contribution in [0.15, 0.2) is 47.4 Å². The van der Waals surface area contributed by atoms with Gasteiger partial charge in [-0.3, -0.25) is 14.9 Å². The summed E-state index contributed by atoms with van der Waals surface area (Å²) in [6.07, 6.45) is 0. The molecule has 1 N–H and O–H groups in total. The van der Waals surface area contributed by atoms with Crippen LogP contribution in [0.2, 0.25) is 0 Å². The molecule has 0 unspecified atom stereocenters. The number of methoxy groups -OCH3 is 1. The Hall–Kier alpha value is -2.94. The second kappa shape index (κ2) is 7.31. The zero-order chi connectivity index (χ0) is 18.6. The fraction of sp³-hybridized carbons (Fsp3) is 0.188. The highest BCUT2D eigenvalue weighted by Gasteiger charge is 2.19. The molecule has 0 spiro atoms. The van der Waals surface area contributed by atoms with Crippen molar-refractivity contribution in [2.45, 2.75) is 11.8 Å². The number of nitro benzene ring substituents is 1. The van der Waals surface area contributed by atoms with Crippen LogP contribution in [-0.2, 0) is 9.84 Å². The summed E-state index contributed by atoms with van der Waals surface area (Å²) in [5.41, 5.74) is -0.260. The maximum Gasteiger partial charge on any atom is 0.296 e. The molecule has 2 aromatic carbocycles. The number of sulfone groups is 1. The van der Waals surface area contributed by atoms with Gasteiger partial charge in [-0.2, -0.15) is 0 Å². The van der Waals surface area contributed by atoms with Crippen molar-refractivity contribution in [2.75, 3.05) is 18.2 Å². The normalized spacial score (nSPS) is 11.0. The van der Waals surface area contributed by atoms with Crippen molar-refractivity contribution in [3.8, 4) is 5.75 Å². The van der Waals surface area contributed by atoms with Crippen LogP contribution in [-0.4, -0.2) is 32.1 Å². The first kappa shape index (κ1) is 18.4. The van der Waals surface area contributed by atoms with Crippen LogP contribution in [0.4, 0.5) is 11.4 Å². The summed E-state index contributed by atoms with van der Waals surface area (Å²) in [4.78, 5) is 22.9. The predicted octanol–water partition coefficient (Wildman–Crippen LogP) is 2.65. The zero-order valence-electron chi connectivity index (χ0n) is 13.6. The lowest BCUT2D eigenvalue weighted by atomic mass is 10.2. The molecule has 0 aromatic heterocycles. The molecule has 0 aliphatic rings. The lowest BCUT2D eigenvalue weighted by Gasteiger charge is -2.09. The van der Waals surface area contributed by atoms with Gasteiger partial charge in [0.2, 0.25) is 0 Å².